The van der Waals surface area contributed by atoms with Crippen LogP contribution in [0, 0.1) is 6.92 Å². The van der Waals surface area contributed by atoms with Gasteiger partial charge in [-0.15, -0.1) is 5.10 Å². The highest BCUT2D eigenvalue weighted by Gasteiger charge is 2.31. The molecule has 1 atom stereocenters. The molecule has 0 radical (unpaired) electrons. The number of pyridine rings is 1. The Labute approximate surface area is 145 Å². The minimum Gasteiger partial charge on any atom is -0.333 e. The number of carbonyl (C=O) groups is 1. The van der Waals surface area contributed by atoms with Gasteiger partial charge >= 0.3 is 0 Å². The SMILES string of the molecule is Cc1c(C(=O)N2CCCC2CN)nnn1-c1cccc2cccnc12. The summed E-state index contributed by atoms with van der Waals surface area (Å²) < 4.78 is 1.69. The molecule has 3 heterocycles. The third-order valence-corrected chi connectivity index (χ3v) is 4.85. The van der Waals surface area contributed by atoms with Crippen molar-refractivity contribution in [3.63, 3.8) is 0 Å². The van der Waals surface area contributed by atoms with Crippen molar-refractivity contribution in [3.05, 3.63) is 47.9 Å². The summed E-state index contributed by atoms with van der Waals surface area (Å²) in [6.07, 6.45) is 3.68. The van der Waals surface area contributed by atoms with Gasteiger partial charge < -0.3 is 10.6 Å². The Morgan fingerprint density at radius 3 is 3.00 bits per heavy atom. The Morgan fingerprint density at radius 1 is 1.32 bits per heavy atom. The van der Waals surface area contributed by atoms with Crippen LogP contribution in [0.4, 0.5) is 0 Å². The molecular formula is C18H20N6O. The lowest BCUT2D eigenvalue weighted by Gasteiger charge is -2.22. The van der Waals surface area contributed by atoms with E-state index < -0.39 is 0 Å². The van der Waals surface area contributed by atoms with Gasteiger partial charge in [-0.3, -0.25) is 9.78 Å². The van der Waals surface area contributed by atoms with E-state index in [2.05, 4.69) is 15.3 Å². The summed E-state index contributed by atoms with van der Waals surface area (Å²) >= 11 is 0. The molecule has 1 unspecified atom stereocenters. The minimum absolute atomic E-state index is 0.0927. The van der Waals surface area contributed by atoms with Crippen LogP contribution in [0.25, 0.3) is 16.6 Å². The lowest BCUT2D eigenvalue weighted by atomic mass is 10.2. The maximum absolute atomic E-state index is 12.9. The molecule has 4 rings (SSSR count). The van der Waals surface area contributed by atoms with Crippen LogP contribution in [0.1, 0.15) is 29.0 Å². The molecule has 1 aliphatic heterocycles. The first kappa shape index (κ1) is 15.7. The average Bonchev–Trinajstić information content (AvgIpc) is 3.27. The predicted molar refractivity (Wildman–Crippen MR) is 94.5 cm³/mol. The average molecular weight is 336 g/mol. The van der Waals surface area contributed by atoms with Crippen LogP contribution < -0.4 is 5.73 Å². The first-order valence-electron chi connectivity index (χ1n) is 8.48. The van der Waals surface area contributed by atoms with Gasteiger partial charge in [0.05, 0.1) is 16.9 Å². The molecule has 2 aromatic heterocycles. The van der Waals surface area contributed by atoms with Gasteiger partial charge in [0.25, 0.3) is 5.91 Å². The lowest BCUT2D eigenvalue weighted by molar-refractivity contribution is 0.0734. The molecule has 0 aliphatic carbocycles. The quantitative estimate of drug-likeness (QED) is 0.786. The van der Waals surface area contributed by atoms with E-state index in [4.69, 9.17) is 5.73 Å². The third-order valence-electron chi connectivity index (χ3n) is 4.85. The normalized spacial score (nSPS) is 17.4. The molecule has 1 amide bonds. The number of rotatable bonds is 3. The molecule has 1 fully saturated rings. The summed E-state index contributed by atoms with van der Waals surface area (Å²) in [5.41, 5.74) is 8.54. The molecule has 1 aliphatic rings. The van der Waals surface area contributed by atoms with Gasteiger partial charge in [-0.2, -0.15) is 0 Å². The number of benzene rings is 1. The molecule has 7 nitrogen and oxygen atoms in total. The van der Waals surface area contributed by atoms with E-state index in [-0.39, 0.29) is 11.9 Å². The Kier molecular flexibility index (Phi) is 3.93. The number of aromatic nitrogens is 4. The summed E-state index contributed by atoms with van der Waals surface area (Å²) in [7, 11) is 0. The zero-order valence-electron chi connectivity index (χ0n) is 14.1. The molecule has 25 heavy (non-hydrogen) atoms. The van der Waals surface area contributed by atoms with Crippen molar-refractivity contribution in [2.24, 2.45) is 5.73 Å². The maximum atomic E-state index is 12.9. The number of hydrogen-bond acceptors (Lipinski definition) is 5. The van der Waals surface area contributed by atoms with Gasteiger partial charge in [0.1, 0.15) is 0 Å². The van der Waals surface area contributed by atoms with E-state index in [1.54, 1.807) is 10.9 Å². The van der Waals surface area contributed by atoms with Crippen molar-refractivity contribution in [3.8, 4) is 5.69 Å². The van der Waals surface area contributed by atoms with E-state index >= 15 is 0 Å². The highest BCUT2D eigenvalue weighted by molar-refractivity contribution is 5.94. The van der Waals surface area contributed by atoms with Crippen LogP contribution >= 0.6 is 0 Å². The molecule has 128 valence electrons. The van der Waals surface area contributed by atoms with Crippen molar-refractivity contribution in [1.29, 1.82) is 0 Å². The number of carbonyl (C=O) groups excluding carboxylic acids is 1. The fourth-order valence-corrected chi connectivity index (χ4v) is 3.50. The van der Waals surface area contributed by atoms with E-state index in [9.17, 15) is 4.79 Å². The van der Waals surface area contributed by atoms with Crippen LogP contribution in [0.5, 0.6) is 0 Å². The lowest BCUT2D eigenvalue weighted by Crippen LogP contribution is -2.40. The van der Waals surface area contributed by atoms with Crippen LogP contribution in [0.3, 0.4) is 0 Å². The first-order valence-corrected chi connectivity index (χ1v) is 8.48. The fraction of sp³-hybridized carbons (Fsp3) is 0.333. The number of fused-ring (bicyclic) bond motifs is 1. The van der Waals surface area contributed by atoms with Crippen molar-refractivity contribution in [2.45, 2.75) is 25.8 Å². The number of nitrogens with two attached hydrogens (primary N) is 1. The van der Waals surface area contributed by atoms with E-state index in [0.717, 1.165) is 36.0 Å². The Bertz CT molecular complexity index is 929. The number of para-hydroxylation sites is 1. The van der Waals surface area contributed by atoms with Crippen molar-refractivity contribution < 1.29 is 4.79 Å². The molecule has 0 spiro atoms. The number of hydrogen-bond donors (Lipinski definition) is 1. The fourth-order valence-electron chi connectivity index (χ4n) is 3.50. The van der Waals surface area contributed by atoms with Crippen molar-refractivity contribution in [2.75, 3.05) is 13.1 Å². The molecule has 1 saturated heterocycles. The van der Waals surface area contributed by atoms with E-state index in [1.807, 2.05) is 42.2 Å². The molecule has 3 aromatic rings. The highest BCUT2D eigenvalue weighted by atomic mass is 16.2. The summed E-state index contributed by atoms with van der Waals surface area (Å²) in [5.74, 6) is -0.0927. The highest BCUT2D eigenvalue weighted by Crippen LogP contribution is 2.23. The first-order chi connectivity index (χ1) is 12.2. The predicted octanol–water partition coefficient (Wildman–Crippen LogP) is 1.69. The zero-order chi connectivity index (χ0) is 17.4. The maximum Gasteiger partial charge on any atom is 0.276 e. The van der Waals surface area contributed by atoms with Crippen molar-refractivity contribution in [1.82, 2.24) is 24.9 Å². The summed E-state index contributed by atoms with van der Waals surface area (Å²) in [6.45, 7) is 3.07. The van der Waals surface area contributed by atoms with Crippen LogP contribution in [0.15, 0.2) is 36.5 Å². The standard InChI is InChI=1S/C18H20N6O/c1-12-16(18(25)23-10-4-7-14(23)11-19)21-22-24(12)15-8-2-5-13-6-3-9-20-17(13)15/h2-3,5-6,8-9,14H,4,7,10-11,19H2,1H3. The van der Waals surface area contributed by atoms with Gasteiger partial charge in [0, 0.05) is 30.7 Å². The second kappa shape index (κ2) is 6.25. The zero-order valence-corrected chi connectivity index (χ0v) is 14.1. The van der Waals surface area contributed by atoms with Gasteiger partial charge in [-0.1, -0.05) is 23.4 Å². The van der Waals surface area contributed by atoms with Crippen LogP contribution in [0.2, 0.25) is 0 Å². The summed E-state index contributed by atoms with van der Waals surface area (Å²) in [5, 5.41) is 9.41. The van der Waals surface area contributed by atoms with Gasteiger partial charge in [0.2, 0.25) is 0 Å². The number of likely N-dealkylation sites (tertiary alicyclic amines) is 1. The number of nitrogens with zero attached hydrogens (tertiary/aromatic N) is 5. The van der Waals surface area contributed by atoms with Crippen LogP contribution in [-0.4, -0.2) is 49.9 Å². The monoisotopic (exact) mass is 336 g/mol. The molecule has 2 N–H and O–H groups in total. The Hall–Kier alpha value is -2.80. The van der Waals surface area contributed by atoms with Gasteiger partial charge in [-0.05, 0) is 31.9 Å². The topological polar surface area (TPSA) is 89.9 Å². The Morgan fingerprint density at radius 2 is 2.16 bits per heavy atom. The van der Waals surface area contributed by atoms with E-state index in [1.165, 1.54) is 0 Å². The second-order valence-electron chi connectivity index (χ2n) is 6.32. The third kappa shape index (κ3) is 2.56. The second-order valence-corrected chi connectivity index (χ2v) is 6.32. The number of amides is 1. The van der Waals surface area contributed by atoms with Crippen molar-refractivity contribution >= 4 is 16.8 Å². The van der Waals surface area contributed by atoms with Gasteiger partial charge in [-0.25, -0.2) is 4.68 Å². The minimum atomic E-state index is -0.0927. The van der Waals surface area contributed by atoms with Gasteiger partial charge in [0.15, 0.2) is 5.69 Å². The largest absolute Gasteiger partial charge is 0.333 e. The molecular weight excluding hydrogens is 316 g/mol. The molecule has 0 saturated carbocycles. The summed E-state index contributed by atoms with van der Waals surface area (Å²) in [6, 6.07) is 9.88. The molecule has 7 heteroatoms. The smallest absolute Gasteiger partial charge is 0.276 e. The molecule has 0 bridgehead atoms. The molecule has 1 aromatic carbocycles. The van der Waals surface area contributed by atoms with E-state index in [0.29, 0.717) is 17.9 Å². The summed E-state index contributed by atoms with van der Waals surface area (Å²) in [4.78, 5) is 19.2. The Balaban J connectivity index is 1.75. The van der Waals surface area contributed by atoms with Crippen LogP contribution in [-0.2, 0) is 0 Å².